The van der Waals surface area contributed by atoms with Crippen molar-refractivity contribution < 1.29 is 9.53 Å². The summed E-state index contributed by atoms with van der Waals surface area (Å²) in [5.74, 6) is 0. The minimum absolute atomic E-state index is 0.358. The van der Waals surface area contributed by atoms with Crippen molar-refractivity contribution in [3.8, 4) is 0 Å². The third-order valence-electron chi connectivity index (χ3n) is 3.51. The van der Waals surface area contributed by atoms with Crippen LogP contribution in [0.15, 0.2) is 0 Å². The van der Waals surface area contributed by atoms with Crippen molar-refractivity contribution in [3.05, 3.63) is 0 Å². The molecule has 0 aromatic carbocycles. The van der Waals surface area contributed by atoms with E-state index in [4.69, 9.17) is 4.74 Å². The number of hydrazine groups is 1. The molecule has 2 aliphatic heterocycles. The molecule has 2 aliphatic rings. The first-order chi connectivity index (χ1) is 8.94. The lowest BCUT2D eigenvalue weighted by Gasteiger charge is -2.37. The van der Waals surface area contributed by atoms with Crippen LogP contribution in [0.4, 0.5) is 4.79 Å². The SMILES string of the molecule is CC(C)(C)OC(=O)NN1CCN(C2CCNC2)CC1. The fraction of sp³-hybridized carbons (Fsp3) is 0.923. The molecule has 0 radical (unpaired) electrons. The minimum atomic E-state index is -0.443. The number of rotatable bonds is 2. The smallest absolute Gasteiger partial charge is 0.422 e. The fourth-order valence-corrected chi connectivity index (χ4v) is 2.58. The van der Waals surface area contributed by atoms with E-state index < -0.39 is 5.60 Å². The Labute approximate surface area is 115 Å². The molecule has 2 N–H and O–H groups in total. The summed E-state index contributed by atoms with van der Waals surface area (Å²) < 4.78 is 5.25. The molecule has 0 aromatic heterocycles. The molecule has 2 rings (SSSR count). The van der Waals surface area contributed by atoms with Gasteiger partial charge in [0.05, 0.1) is 0 Å². The highest BCUT2D eigenvalue weighted by Gasteiger charge is 2.27. The second kappa shape index (κ2) is 6.07. The van der Waals surface area contributed by atoms with Gasteiger partial charge in [-0.25, -0.2) is 9.80 Å². The first-order valence-electron chi connectivity index (χ1n) is 7.13. The normalized spacial score (nSPS) is 26.4. The van der Waals surface area contributed by atoms with Gasteiger partial charge in [0.1, 0.15) is 5.60 Å². The molecule has 6 nitrogen and oxygen atoms in total. The Balaban J connectivity index is 1.69. The summed E-state index contributed by atoms with van der Waals surface area (Å²) >= 11 is 0. The number of nitrogens with one attached hydrogen (secondary N) is 2. The lowest BCUT2D eigenvalue weighted by Crippen LogP contribution is -2.56. The van der Waals surface area contributed by atoms with Crippen LogP contribution in [-0.2, 0) is 4.74 Å². The van der Waals surface area contributed by atoms with Gasteiger partial charge in [-0.2, -0.15) is 0 Å². The summed E-state index contributed by atoms with van der Waals surface area (Å²) in [6.07, 6.45) is 0.878. The average Bonchev–Trinajstić information content (AvgIpc) is 2.80. The largest absolute Gasteiger partial charge is 0.443 e. The molecule has 2 saturated heterocycles. The first kappa shape index (κ1) is 14.6. The van der Waals surface area contributed by atoms with Crippen molar-refractivity contribution in [2.45, 2.75) is 38.8 Å². The molecule has 2 heterocycles. The maximum atomic E-state index is 11.7. The molecule has 1 unspecified atom stereocenters. The predicted octanol–water partition coefficient (Wildman–Crippen LogP) is 0.406. The van der Waals surface area contributed by atoms with Crippen molar-refractivity contribution in [3.63, 3.8) is 0 Å². The second-order valence-electron chi connectivity index (χ2n) is 6.28. The van der Waals surface area contributed by atoms with Crippen molar-refractivity contribution in [2.24, 2.45) is 0 Å². The standard InChI is InChI=1S/C13H26N4O2/c1-13(2,3)19-12(18)15-17-8-6-16(7-9-17)11-4-5-14-10-11/h11,14H,4-10H2,1-3H3,(H,15,18). The van der Waals surface area contributed by atoms with Gasteiger partial charge in [0.15, 0.2) is 0 Å². The van der Waals surface area contributed by atoms with E-state index in [-0.39, 0.29) is 6.09 Å². The zero-order chi connectivity index (χ0) is 13.9. The van der Waals surface area contributed by atoms with E-state index in [1.54, 1.807) is 0 Å². The molecule has 0 spiro atoms. The van der Waals surface area contributed by atoms with E-state index in [9.17, 15) is 4.79 Å². The van der Waals surface area contributed by atoms with Gasteiger partial charge in [-0.3, -0.25) is 10.3 Å². The number of nitrogens with zero attached hydrogens (tertiary/aromatic N) is 2. The average molecular weight is 270 g/mol. The lowest BCUT2D eigenvalue weighted by atomic mass is 10.2. The molecule has 0 saturated carbocycles. The predicted molar refractivity (Wildman–Crippen MR) is 73.8 cm³/mol. The molecule has 1 atom stereocenters. The van der Waals surface area contributed by atoms with E-state index in [1.807, 2.05) is 25.8 Å². The number of piperazine rings is 1. The highest BCUT2D eigenvalue weighted by Crippen LogP contribution is 2.11. The highest BCUT2D eigenvalue weighted by atomic mass is 16.6. The summed E-state index contributed by atoms with van der Waals surface area (Å²) in [6.45, 7) is 11.6. The molecule has 0 bridgehead atoms. The monoisotopic (exact) mass is 270 g/mol. The third kappa shape index (κ3) is 4.63. The Kier molecular flexibility index (Phi) is 4.65. The van der Waals surface area contributed by atoms with Crippen molar-refractivity contribution >= 4 is 6.09 Å². The molecule has 6 heteroatoms. The van der Waals surface area contributed by atoms with Crippen LogP contribution in [0.3, 0.4) is 0 Å². The summed E-state index contributed by atoms with van der Waals surface area (Å²) in [7, 11) is 0. The Morgan fingerprint density at radius 3 is 2.47 bits per heavy atom. The molecule has 19 heavy (non-hydrogen) atoms. The lowest BCUT2D eigenvalue weighted by molar-refractivity contribution is 0.0181. The zero-order valence-electron chi connectivity index (χ0n) is 12.2. The van der Waals surface area contributed by atoms with E-state index in [2.05, 4.69) is 15.6 Å². The summed E-state index contributed by atoms with van der Waals surface area (Å²) in [6, 6.07) is 0.670. The summed E-state index contributed by atoms with van der Waals surface area (Å²) in [5, 5.41) is 5.35. The Morgan fingerprint density at radius 2 is 1.95 bits per heavy atom. The Morgan fingerprint density at radius 1 is 1.26 bits per heavy atom. The van der Waals surface area contributed by atoms with Gasteiger partial charge in [-0.1, -0.05) is 0 Å². The number of hydrogen-bond donors (Lipinski definition) is 2. The summed E-state index contributed by atoms with van der Waals surface area (Å²) in [5.41, 5.74) is 2.37. The molecular formula is C13H26N4O2. The molecule has 2 fully saturated rings. The van der Waals surface area contributed by atoms with E-state index >= 15 is 0 Å². The van der Waals surface area contributed by atoms with Gasteiger partial charge >= 0.3 is 6.09 Å². The highest BCUT2D eigenvalue weighted by molar-refractivity contribution is 5.67. The summed E-state index contributed by atoms with van der Waals surface area (Å²) in [4.78, 5) is 14.2. The molecule has 0 aromatic rings. The number of carbonyl (C=O) groups is 1. The van der Waals surface area contributed by atoms with Crippen molar-refractivity contribution in [1.29, 1.82) is 0 Å². The van der Waals surface area contributed by atoms with Gasteiger partial charge in [0.25, 0.3) is 0 Å². The van der Waals surface area contributed by atoms with Crippen LogP contribution in [0.1, 0.15) is 27.2 Å². The van der Waals surface area contributed by atoms with Gasteiger partial charge in [0, 0.05) is 38.8 Å². The van der Waals surface area contributed by atoms with Crippen LogP contribution in [0, 0.1) is 0 Å². The quantitative estimate of drug-likeness (QED) is 0.761. The number of carbonyl (C=O) groups excluding carboxylic acids is 1. The Bertz CT molecular complexity index is 302. The van der Waals surface area contributed by atoms with E-state index in [0.717, 1.165) is 39.3 Å². The van der Waals surface area contributed by atoms with Crippen LogP contribution in [-0.4, -0.2) is 66.9 Å². The molecule has 1 amide bonds. The molecule has 0 aliphatic carbocycles. The number of ether oxygens (including phenoxy) is 1. The van der Waals surface area contributed by atoms with Crippen LogP contribution in [0.25, 0.3) is 0 Å². The molecular weight excluding hydrogens is 244 g/mol. The van der Waals surface area contributed by atoms with Crippen LogP contribution >= 0.6 is 0 Å². The third-order valence-corrected chi connectivity index (χ3v) is 3.51. The van der Waals surface area contributed by atoms with Gasteiger partial charge in [0.2, 0.25) is 0 Å². The van der Waals surface area contributed by atoms with Gasteiger partial charge in [-0.15, -0.1) is 0 Å². The second-order valence-corrected chi connectivity index (χ2v) is 6.28. The van der Waals surface area contributed by atoms with E-state index in [0.29, 0.717) is 6.04 Å². The minimum Gasteiger partial charge on any atom is -0.443 e. The fourth-order valence-electron chi connectivity index (χ4n) is 2.58. The molecule has 110 valence electrons. The van der Waals surface area contributed by atoms with Gasteiger partial charge < -0.3 is 10.1 Å². The van der Waals surface area contributed by atoms with Crippen LogP contribution < -0.4 is 10.7 Å². The Hall–Kier alpha value is -0.850. The zero-order valence-corrected chi connectivity index (χ0v) is 12.2. The van der Waals surface area contributed by atoms with Crippen molar-refractivity contribution in [1.82, 2.24) is 20.7 Å². The topological polar surface area (TPSA) is 56.8 Å². The van der Waals surface area contributed by atoms with Crippen molar-refractivity contribution in [2.75, 3.05) is 39.3 Å². The maximum absolute atomic E-state index is 11.7. The number of hydrogen-bond acceptors (Lipinski definition) is 5. The van der Waals surface area contributed by atoms with Crippen LogP contribution in [0.2, 0.25) is 0 Å². The van der Waals surface area contributed by atoms with E-state index in [1.165, 1.54) is 6.42 Å². The first-order valence-corrected chi connectivity index (χ1v) is 7.13. The van der Waals surface area contributed by atoms with Gasteiger partial charge in [-0.05, 0) is 33.7 Å². The maximum Gasteiger partial charge on any atom is 0.422 e. The number of amides is 1. The van der Waals surface area contributed by atoms with Crippen LogP contribution in [0.5, 0.6) is 0 Å².